The van der Waals surface area contributed by atoms with Crippen LogP contribution >= 0.6 is 24.0 Å². The molecule has 0 aliphatic heterocycles. The van der Waals surface area contributed by atoms with E-state index in [1.807, 2.05) is 16.3 Å². The predicted octanol–water partition coefficient (Wildman–Crippen LogP) is 1.84. The molecule has 1 aliphatic carbocycles. The zero-order chi connectivity index (χ0) is 8.60. The summed E-state index contributed by atoms with van der Waals surface area (Å²) in [6, 6.07) is 0. The van der Waals surface area contributed by atoms with Gasteiger partial charge >= 0.3 is 0 Å². The van der Waals surface area contributed by atoms with Crippen LogP contribution in [0.3, 0.4) is 0 Å². The van der Waals surface area contributed by atoms with Gasteiger partial charge in [-0.3, -0.25) is 5.10 Å². The van der Waals surface area contributed by atoms with Gasteiger partial charge in [-0.15, -0.1) is 0 Å². The van der Waals surface area contributed by atoms with Crippen molar-refractivity contribution in [1.29, 1.82) is 0 Å². The zero-order valence-electron chi connectivity index (χ0n) is 6.91. The van der Waals surface area contributed by atoms with Crippen LogP contribution < -0.4 is 0 Å². The van der Waals surface area contributed by atoms with E-state index in [1.165, 1.54) is 12.8 Å². The predicted molar refractivity (Wildman–Crippen MR) is 52.9 cm³/mol. The van der Waals surface area contributed by atoms with Gasteiger partial charge in [0.25, 0.3) is 0 Å². The highest BCUT2D eigenvalue weighted by molar-refractivity contribution is 8.00. The van der Waals surface area contributed by atoms with Gasteiger partial charge in [-0.1, -0.05) is 0 Å². The summed E-state index contributed by atoms with van der Waals surface area (Å²) in [4.78, 5) is 0. The van der Waals surface area contributed by atoms with Crippen LogP contribution in [0.15, 0.2) is 6.33 Å². The van der Waals surface area contributed by atoms with Gasteiger partial charge in [0.05, 0.1) is 0 Å². The van der Waals surface area contributed by atoms with E-state index in [-0.39, 0.29) is 0 Å². The first-order chi connectivity index (χ1) is 5.76. The van der Waals surface area contributed by atoms with Crippen LogP contribution in [-0.2, 0) is 6.54 Å². The first-order valence-electron chi connectivity index (χ1n) is 3.91. The molecule has 0 spiro atoms. The second-order valence-electron chi connectivity index (χ2n) is 3.18. The average molecular weight is 201 g/mol. The smallest absolute Gasteiger partial charge is 0.194 e. The minimum absolute atomic E-state index is 0.460. The van der Waals surface area contributed by atoms with E-state index in [0.29, 0.717) is 4.75 Å². The lowest BCUT2D eigenvalue weighted by Crippen LogP contribution is -2.12. The summed E-state index contributed by atoms with van der Waals surface area (Å²) in [6.45, 7) is 1.00. The number of rotatable bonds is 3. The first-order valence-corrected chi connectivity index (χ1v) is 5.54. The Morgan fingerprint density at radius 3 is 3.00 bits per heavy atom. The fraction of sp³-hybridized carbons (Fsp3) is 0.714. The monoisotopic (exact) mass is 201 g/mol. The third-order valence-electron chi connectivity index (χ3n) is 2.32. The Kier molecular flexibility index (Phi) is 2.00. The Labute approximate surface area is 80.6 Å². The number of aromatic amines is 1. The molecule has 0 unspecified atom stereocenters. The minimum Gasteiger partial charge on any atom is -0.305 e. The summed E-state index contributed by atoms with van der Waals surface area (Å²) in [5, 5.41) is 6.65. The quantitative estimate of drug-likeness (QED) is 0.758. The van der Waals surface area contributed by atoms with Crippen LogP contribution in [-0.4, -0.2) is 25.8 Å². The van der Waals surface area contributed by atoms with Gasteiger partial charge in [-0.05, 0) is 31.3 Å². The summed E-state index contributed by atoms with van der Waals surface area (Å²) in [5.74, 6) is 0. The van der Waals surface area contributed by atoms with Gasteiger partial charge in [0, 0.05) is 11.3 Å². The highest BCUT2D eigenvalue weighted by Gasteiger charge is 2.42. The highest BCUT2D eigenvalue weighted by atomic mass is 32.2. The molecular weight excluding hydrogens is 190 g/mol. The van der Waals surface area contributed by atoms with Crippen molar-refractivity contribution in [2.45, 2.75) is 24.1 Å². The molecule has 5 heteroatoms. The normalized spacial score (nSPS) is 19.4. The molecule has 1 fully saturated rings. The molecule has 1 aromatic rings. The molecule has 0 bridgehead atoms. The van der Waals surface area contributed by atoms with Crippen molar-refractivity contribution in [2.75, 3.05) is 6.26 Å². The standard InChI is InChI=1S/C7H11N3S2/c1-12-7(2-3-7)4-10-5-8-9-6(10)11/h5H,2-4H2,1H3,(H,9,11). The number of hydrogen-bond donors (Lipinski definition) is 1. The van der Waals surface area contributed by atoms with E-state index in [0.717, 1.165) is 11.3 Å². The minimum atomic E-state index is 0.460. The SMILES string of the molecule is CSC1(Cn2cn[nH]c2=S)CC1. The van der Waals surface area contributed by atoms with E-state index in [9.17, 15) is 0 Å². The lowest BCUT2D eigenvalue weighted by Gasteiger charge is -2.11. The maximum atomic E-state index is 5.06. The van der Waals surface area contributed by atoms with E-state index in [1.54, 1.807) is 6.33 Å². The Hall–Kier alpha value is -0.290. The van der Waals surface area contributed by atoms with Gasteiger partial charge in [0.2, 0.25) is 0 Å². The largest absolute Gasteiger partial charge is 0.305 e. The van der Waals surface area contributed by atoms with Gasteiger partial charge in [-0.25, -0.2) is 0 Å². The number of H-pyrrole nitrogens is 1. The Morgan fingerprint density at radius 2 is 2.58 bits per heavy atom. The Bertz CT molecular complexity index is 323. The van der Waals surface area contributed by atoms with Gasteiger partial charge in [0.15, 0.2) is 4.77 Å². The van der Waals surface area contributed by atoms with Gasteiger partial charge in [-0.2, -0.15) is 16.9 Å². The first kappa shape index (κ1) is 8.31. The molecule has 0 aromatic carbocycles. The van der Waals surface area contributed by atoms with E-state index in [4.69, 9.17) is 12.2 Å². The van der Waals surface area contributed by atoms with Gasteiger partial charge < -0.3 is 4.57 Å². The highest BCUT2D eigenvalue weighted by Crippen LogP contribution is 2.48. The molecular formula is C7H11N3S2. The molecule has 66 valence electrons. The fourth-order valence-electron chi connectivity index (χ4n) is 1.26. The van der Waals surface area contributed by atoms with Crippen LogP contribution in [0.4, 0.5) is 0 Å². The molecule has 12 heavy (non-hydrogen) atoms. The van der Waals surface area contributed by atoms with Crippen LogP contribution in [0.1, 0.15) is 12.8 Å². The topological polar surface area (TPSA) is 33.6 Å². The van der Waals surface area contributed by atoms with Crippen molar-refractivity contribution in [3.8, 4) is 0 Å². The van der Waals surface area contributed by atoms with Crippen LogP contribution in [0, 0.1) is 4.77 Å². The molecule has 1 aliphatic rings. The molecule has 3 nitrogen and oxygen atoms in total. The molecule has 0 radical (unpaired) electrons. The number of thioether (sulfide) groups is 1. The summed E-state index contributed by atoms with van der Waals surface area (Å²) >= 11 is 7.00. The molecule has 0 saturated heterocycles. The molecule has 1 aromatic heterocycles. The second-order valence-corrected chi connectivity index (χ2v) is 4.84. The Balaban J connectivity index is 2.14. The summed E-state index contributed by atoms with van der Waals surface area (Å²) in [7, 11) is 0. The lowest BCUT2D eigenvalue weighted by atomic mass is 10.4. The molecule has 2 rings (SSSR count). The summed E-state index contributed by atoms with van der Waals surface area (Å²) < 4.78 is 3.20. The molecule has 0 amide bonds. The van der Waals surface area contributed by atoms with Crippen LogP contribution in [0.25, 0.3) is 0 Å². The second kappa shape index (κ2) is 2.88. The van der Waals surface area contributed by atoms with E-state index in [2.05, 4.69) is 16.5 Å². The maximum absolute atomic E-state index is 5.06. The number of nitrogens with zero attached hydrogens (tertiary/aromatic N) is 2. The summed E-state index contributed by atoms with van der Waals surface area (Å²) in [6.07, 6.45) is 6.55. The van der Waals surface area contributed by atoms with Crippen molar-refractivity contribution in [2.24, 2.45) is 0 Å². The number of aromatic nitrogens is 3. The van der Waals surface area contributed by atoms with Crippen LogP contribution in [0.2, 0.25) is 0 Å². The number of nitrogens with one attached hydrogen (secondary N) is 1. The molecule has 1 saturated carbocycles. The summed E-state index contributed by atoms with van der Waals surface area (Å²) in [5.41, 5.74) is 0. The third-order valence-corrected chi connectivity index (χ3v) is 4.05. The van der Waals surface area contributed by atoms with Crippen molar-refractivity contribution < 1.29 is 0 Å². The van der Waals surface area contributed by atoms with E-state index >= 15 is 0 Å². The maximum Gasteiger partial charge on any atom is 0.194 e. The lowest BCUT2D eigenvalue weighted by molar-refractivity contribution is 0.651. The van der Waals surface area contributed by atoms with E-state index < -0.39 is 0 Å². The van der Waals surface area contributed by atoms with Crippen molar-refractivity contribution >= 4 is 24.0 Å². The Morgan fingerprint density at radius 1 is 1.83 bits per heavy atom. The number of hydrogen-bond acceptors (Lipinski definition) is 3. The van der Waals surface area contributed by atoms with Crippen LogP contribution in [0.5, 0.6) is 0 Å². The molecule has 1 N–H and O–H groups in total. The van der Waals surface area contributed by atoms with Crippen molar-refractivity contribution in [3.05, 3.63) is 11.1 Å². The van der Waals surface area contributed by atoms with Gasteiger partial charge in [0.1, 0.15) is 6.33 Å². The average Bonchev–Trinajstić information content (AvgIpc) is 2.74. The molecule has 1 heterocycles. The van der Waals surface area contributed by atoms with Crippen molar-refractivity contribution in [1.82, 2.24) is 14.8 Å². The zero-order valence-corrected chi connectivity index (χ0v) is 8.54. The fourth-order valence-corrected chi connectivity index (χ4v) is 2.20. The van der Waals surface area contributed by atoms with Crippen molar-refractivity contribution in [3.63, 3.8) is 0 Å². The third kappa shape index (κ3) is 1.43. The molecule has 0 atom stereocenters.